The van der Waals surface area contributed by atoms with Crippen LogP contribution in [0.4, 0.5) is 0 Å². The fourth-order valence-corrected chi connectivity index (χ4v) is 3.30. The maximum Gasteiger partial charge on any atom is 0.310 e. The number of methoxy groups -OCH3 is 1. The summed E-state index contributed by atoms with van der Waals surface area (Å²) in [5, 5.41) is 2.96. The predicted octanol–water partition coefficient (Wildman–Crippen LogP) is 2.38. The maximum atomic E-state index is 12.5. The molecule has 3 rings (SSSR count). The minimum atomic E-state index is -0.295. The molecule has 7 nitrogen and oxygen atoms in total. The summed E-state index contributed by atoms with van der Waals surface area (Å²) in [6, 6.07) is 3.22. The van der Waals surface area contributed by atoms with Gasteiger partial charge in [-0.3, -0.25) is 9.59 Å². The Morgan fingerprint density at radius 3 is 2.92 bits per heavy atom. The van der Waals surface area contributed by atoms with Crippen molar-refractivity contribution in [2.45, 2.75) is 44.7 Å². The summed E-state index contributed by atoms with van der Waals surface area (Å²) >= 11 is 0. The molecule has 7 heteroatoms. The fraction of sp³-hybridized carbons (Fsp3) is 0.500. The highest BCUT2D eigenvalue weighted by molar-refractivity contribution is 5.92. The van der Waals surface area contributed by atoms with Gasteiger partial charge in [0.1, 0.15) is 5.76 Å². The van der Waals surface area contributed by atoms with Crippen molar-refractivity contribution in [1.82, 2.24) is 14.9 Å². The molecule has 1 aliphatic rings. The van der Waals surface area contributed by atoms with Crippen molar-refractivity contribution in [3.63, 3.8) is 0 Å². The first kappa shape index (κ1) is 17.3. The van der Waals surface area contributed by atoms with Crippen molar-refractivity contribution in [2.24, 2.45) is 5.92 Å². The summed E-state index contributed by atoms with van der Waals surface area (Å²) in [5.41, 5.74) is 0. The molecule has 0 saturated heterocycles. The number of hydrogen-bond acceptors (Lipinski definition) is 5. The van der Waals surface area contributed by atoms with Gasteiger partial charge >= 0.3 is 5.97 Å². The molecule has 0 unspecified atom stereocenters. The van der Waals surface area contributed by atoms with Gasteiger partial charge in [0.05, 0.1) is 25.9 Å². The molecule has 2 aromatic rings. The molecule has 1 fully saturated rings. The molecule has 0 spiro atoms. The number of hydrogen-bond donors (Lipinski definition) is 1. The number of nitrogens with zero attached hydrogens (tertiary/aromatic N) is 2. The molecule has 2 heterocycles. The van der Waals surface area contributed by atoms with E-state index in [0.29, 0.717) is 12.3 Å². The lowest BCUT2D eigenvalue weighted by molar-refractivity contribution is -0.146. The summed E-state index contributed by atoms with van der Waals surface area (Å²) in [6.45, 7) is 0.515. The summed E-state index contributed by atoms with van der Waals surface area (Å²) < 4.78 is 12.4. The first-order valence-corrected chi connectivity index (χ1v) is 8.60. The molecule has 0 radical (unpaired) electrons. The number of aromatic nitrogens is 2. The standard InChI is InChI=1S/C18H23N3O4/c1-24-18(23)14-5-3-2-4-6-15(14)20-17(22)16-8-7-13(25-16)11-21-10-9-19-12-21/h7-10,12,14-15H,2-6,11H2,1H3,(H,20,22)/t14-,15+/m1/s1. The molecule has 0 aromatic carbocycles. The van der Waals surface area contributed by atoms with Crippen LogP contribution in [0.25, 0.3) is 0 Å². The Morgan fingerprint density at radius 2 is 2.16 bits per heavy atom. The zero-order chi connectivity index (χ0) is 17.6. The Balaban J connectivity index is 1.65. The molecule has 0 bridgehead atoms. The SMILES string of the molecule is COC(=O)[C@@H]1CCCCC[C@@H]1NC(=O)c1ccc(Cn2ccnc2)o1. The van der Waals surface area contributed by atoms with Crippen molar-refractivity contribution in [1.29, 1.82) is 0 Å². The summed E-state index contributed by atoms with van der Waals surface area (Å²) in [6.07, 6.45) is 9.74. The zero-order valence-electron chi connectivity index (χ0n) is 14.3. The second-order valence-corrected chi connectivity index (χ2v) is 6.35. The van der Waals surface area contributed by atoms with E-state index in [4.69, 9.17) is 9.15 Å². The third-order valence-corrected chi connectivity index (χ3v) is 4.62. The highest BCUT2D eigenvalue weighted by atomic mass is 16.5. The van der Waals surface area contributed by atoms with Gasteiger partial charge in [0.25, 0.3) is 5.91 Å². The number of carbonyl (C=O) groups excluding carboxylic acids is 2. The van der Waals surface area contributed by atoms with Crippen molar-refractivity contribution in [3.05, 3.63) is 42.4 Å². The molecule has 2 aromatic heterocycles. The molecular formula is C18H23N3O4. The number of rotatable bonds is 5. The van der Waals surface area contributed by atoms with E-state index in [9.17, 15) is 9.59 Å². The van der Waals surface area contributed by atoms with Crippen LogP contribution in [0, 0.1) is 5.92 Å². The Morgan fingerprint density at radius 1 is 1.32 bits per heavy atom. The molecular weight excluding hydrogens is 322 g/mol. The van der Waals surface area contributed by atoms with Crippen LogP contribution in [0.5, 0.6) is 0 Å². The minimum absolute atomic E-state index is 0.218. The minimum Gasteiger partial charge on any atom is -0.469 e. The van der Waals surface area contributed by atoms with E-state index in [-0.39, 0.29) is 29.6 Å². The van der Waals surface area contributed by atoms with E-state index in [0.717, 1.165) is 32.1 Å². The highest BCUT2D eigenvalue weighted by Gasteiger charge is 2.32. The second kappa shape index (κ2) is 8.00. The van der Waals surface area contributed by atoms with E-state index in [1.165, 1.54) is 7.11 Å². The largest absolute Gasteiger partial charge is 0.469 e. The van der Waals surface area contributed by atoms with Gasteiger partial charge in [-0.25, -0.2) is 4.98 Å². The molecule has 1 saturated carbocycles. The van der Waals surface area contributed by atoms with Crippen LogP contribution in [-0.4, -0.2) is 34.6 Å². The molecule has 1 amide bonds. The van der Waals surface area contributed by atoms with E-state index < -0.39 is 0 Å². The van der Waals surface area contributed by atoms with Crippen molar-refractivity contribution in [2.75, 3.05) is 7.11 Å². The quantitative estimate of drug-likeness (QED) is 0.664. The summed E-state index contributed by atoms with van der Waals surface area (Å²) in [4.78, 5) is 28.5. The van der Waals surface area contributed by atoms with Crippen LogP contribution < -0.4 is 5.32 Å². The third-order valence-electron chi connectivity index (χ3n) is 4.62. The average molecular weight is 345 g/mol. The van der Waals surface area contributed by atoms with E-state index in [1.807, 2.05) is 10.8 Å². The predicted molar refractivity (Wildman–Crippen MR) is 89.9 cm³/mol. The van der Waals surface area contributed by atoms with E-state index >= 15 is 0 Å². The monoisotopic (exact) mass is 345 g/mol. The number of imidazole rings is 1. The molecule has 1 aliphatic carbocycles. The van der Waals surface area contributed by atoms with Crippen molar-refractivity contribution in [3.8, 4) is 0 Å². The summed E-state index contributed by atoms with van der Waals surface area (Å²) in [7, 11) is 1.39. The van der Waals surface area contributed by atoms with Gasteiger partial charge < -0.3 is 19.0 Å². The molecule has 1 N–H and O–H groups in total. The smallest absolute Gasteiger partial charge is 0.310 e. The van der Waals surface area contributed by atoms with Crippen molar-refractivity contribution >= 4 is 11.9 Å². The lowest BCUT2D eigenvalue weighted by atomic mass is 9.94. The summed E-state index contributed by atoms with van der Waals surface area (Å²) in [5.74, 6) is 0.0819. The maximum absolute atomic E-state index is 12.5. The normalized spacial score (nSPS) is 20.7. The van der Waals surface area contributed by atoms with Gasteiger partial charge in [-0.05, 0) is 25.0 Å². The highest BCUT2D eigenvalue weighted by Crippen LogP contribution is 2.25. The number of esters is 1. The topological polar surface area (TPSA) is 86.4 Å². The molecule has 134 valence electrons. The van der Waals surface area contributed by atoms with Crippen LogP contribution in [0.15, 0.2) is 35.3 Å². The fourth-order valence-electron chi connectivity index (χ4n) is 3.30. The van der Waals surface area contributed by atoms with E-state index in [1.54, 1.807) is 24.7 Å². The van der Waals surface area contributed by atoms with Crippen LogP contribution in [0.1, 0.15) is 48.4 Å². The number of amides is 1. The van der Waals surface area contributed by atoms with Crippen LogP contribution in [0.3, 0.4) is 0 Å². The molecule has 0 aliphatic heterocycles. The number of furan rings is 1. The second-order valence-electron chi connectivity index (χ2n) is 6.35. The molecule has 25 heavy (non-hydrogen) atoms. The Kier molecular flexibility index (Phi) is 5.53. The molecule has 2 atom stereocenters. The lowest BCUT2D eigenvalue weighted by Crippen LogP contribution is -2.43. The number of nitrogens with one attached hydrogen (secondary N) is 1. The Bertz CT molecular complexity index is 708. The number of carbonyl (C=O) groups is 2. The van der Waals surface area contributed by atoms with Crippen LogP contribution >= 0.6 is 0 Å². The lowest BCUT2D eigenvalue weighted by Gasteiger charge is -2.23. The van der Waals surface area contributed by atoms with Crippen molar-refractivity contribution < 1.29 is 18.7 Å². The van der Waals surface area contributed by atoms with Gasteiger partial charge in [0.2, 0.25) is 0 Å². The van der Waals surface area contributed by atoms with Gasteiger partial charge in [0.15, 0.2) is 5.76 Å². The average Bonchev–Trinajstić information content (AvgIpc) is 3.24. The first-order valence-electron chi connectivity index (χ1n) is 8.60. The zero-order valence-corrected chi connectivity index (χ0v) is 14.3. The first-order chi connectivity index (χ1) is 12.2. The third kappa shape index (κ3) is 4.29. The van der Waals surface area contributed by atoms with E-state index in [2.05, 4.69) is 10.3 Å². The van der Waals surface area contributed by atoms with Gasteiger partial charge in [-0.2, -0.15) is 0 Å². The van der Waals surface area contributed by atoms with Crippen LogP contribution in [0.2, 0.25) is 0 Å². The Hall–Kier alpha value is -2.57. The van der Waals surface area contributed by atoms with Crippen LogP contribution in [-0.2, 0) is 16.1 Å². The number of ether oxygens (including phenoxy) is 1. The van der Waals surface area contributed by atoms with Gasteiger partial charge in [-0.1, -0.05) is 19.3 Å². The van der Waals surface area contributed by atoms with Gasteiger partial charge in [-0.15, -0.1) is 0 Å². The van der Waals surface area contributed by atoms with Gasteiger partial charge in [0, 0.05) is 18.4 Å². The Labute approximate surface area is 146 Å².